The van der Waals surface area contributed by atoms with Crippen LogP contribution in [0.4, 0.5) is 0 Å². The van der Waals surface area contributed by atoms with Crippen LogP contribution in [0.25, 0.3) is 0 Å². The standard InChI is InChI=1S/C13H22N2/c1-10(2)12-6-8-13(9-7-12)11(3)14-15(4)5/h6-11,14H,1-5H3. The van der Waals surface area contributed by atoms with Crippen molar-refractivity contribution in [1.29, 1.82) is 0 Å². The van der Waals surface area contributed by atoms with Crippen LogP contribution in [-0.4, -0.2) is 19.1 Å². The van der Waals surface area contributed by atoms with Gasteiger partial charge < -0.3 is 0 Å². The van der Waals surface area contributed by atoms with E-state index in [1.54, 1.807) is 0 Å². The first-order valence-electron chi connectivity index (χ1n) is 5.54. The number of hydrogen-bond acceptors (Lipinski definition) is 2. The molecule has 1 rings (SSSR count). The van der Waals surface area contributed by atoms with Crippen LogP contribution in [0.15, 0.2) is 24.3 Å². The molecule has 0 aliphatic heterocycles. The molecule has 0 bridgehead atoms. The molecule has 0 radical (unpaired) electrons. The van der Waals surface area contributed by atoms with E-state index in [0.717, 1.165) is 0 Å². The monoisotopic (exact) mass is 206 g/mol. The fraction of sp³-hybridized carbons (Fsp3) is 0.538. The lowest BCUT2D eigenvalue weighted by Gasteiger charge is -2.20. The molecule has 0 aromatic heterocycles. The van der Waals surface area contributed by atoms with E-state index in [4.69, 9.17) is 0 Å². The van der Waals surface area contributed by atoms with Crippen molar-refractivity contribution in [3.8, 4) is 0 Å². The van der Waals surface area contributed by atoms with Gasteiger partial charge in [0.1, 0.15) is 0 Å². The lowest BCUT2D eigenvalue weighted by molar-refractivity contribution is 0.252. The molecule has 0 aliphatic rings. The van der Waals surface area contributed by atoms with Crippen molar-refractivity contribution in [3.05, 3.63) is 35.4 Å². The van der Waals surface area contributed by atoms with Gasteiger partial charge in [0.05, 0.1) is 0 Å². The number of rotatable bonds is 4. The van der Waals surface area contributed by atoms with Crippen LogP contribution in [-0.2, 0) is 0 Å². The highest BCUT2D eigenvalue weighted by Crippen LogP contribution is 2.18. The van der Waals surface area contributed by atoms with Gasteiger partial charge in [-0.3, -0.25) is 5.01 Å². The first-order chi connectivity index (χ1) is 7.00. The van der Waals surface area contributed by atoms with Gasteiger partial charge in [0.15, 0.2) is 0 Å². The van der Waals surface area contributed by atoms with Crippen LogP contribution in [0, 0.1) is 0 Å². The summed E-state index contributed by atoms with van der Waals surface area (Å²) in [7, 11) is 4.03. The van der Waals surface area contributed by atoms with Gasteiger partial charge in [-0.1, -0.05) is 38.1 Å². The van der Waals surface area contributed by atoms with Gasteiger partial charge in [0.25, 0.3) is 0 Å². The van der Waals surface area contributed by atoms with Gasteiger partial charge in [-0.2, -0.15) is 0 Å². The second-order valence-electron chi connectivity index (χ2n) is 4.57. The van der Waals surface area contributed by atoms with E-state index >= 15 is 0 Å². The van der Waals surface area contributed by atoms with Crippen molar-refractivity contribution in [2.75, 3.05) is 14.1 Å². The van der Waals surface area contributed by atoms with Gasteiger partial charge in [-0.15, -0.1) is 0 Å². The molecule has 1 aromatic rings. The van der Waals surface area contributed by atoms with E-state index in [1.807, 2.05) is 19.1 Å². The molecule has 1 atom stereocenters. The second-order valence-corrected chi connectivity index (χ2v) is 4.57. The van der Waals surface area contributed by atoms with Gasteiger partial charge in [-0.25, -0.2) is 5.43 Å². The number of benzene rings is 1. The lowest BCUT2D eigenvalue weighted by atomic mass is 10.00. The molecular formula is C13H22N2. The zero-order valence-electron chi connectivity index (χ0n) is 10.4. The molecule has 0 saturated heterocycles. The highest BCUT2D eigenvalue weighted by atomic mass is 15.5. The molecule has 0 fully saturated rings. The van der Waals surface area contributed by atoms with E-state index in [1.165, 1.54) is 11.1 Å². The summed E-state index contributed by atoms with van der Waals surface area (Å²) in [6.45, 7) is 6.61. The van der Waals surface area contributed by atoms with Crippen molar-refractivity contribution in [2.45, 2.75) is 32.7 Å². The highest BCUT2D eigenvalue weighted by molar-refractivity contribution is 5.26. The molecular weight excluding hydrogens is 184 g/mol. The summed E-state index contributed by atoms with van der Waals surface area (Å²) in [5.74, 6) is 0.608. The van der Waals surface area contributed by atoms with Crippen LogP contribution in [0.3, 0.4) is 0 Å². The summed E-state index contributed by atoms with van der Waals surface area (Å²) in [4.78, 5) is 0. The third kappa shape index (κ3) is 3.65. The van der Waals surface area contributed by atoms with Crippen LogP contribution in [0.2, 0.25) is 0 Å². The molecule has 2 nitrogen and oxygen atoms in total. The minimum Gasteiger partial charge on any atom is -0.250 e. The number of nitrogens with one attached hydrogen (secondary N) is 1. The van der Waals surface area contributed by atoms with E-state index in [-0.39, 0.29) is 0 Å². The third-order valence-electron chi connectivity index (χ3n) is 2.55. The average molecular weight is 206 g/mol. The molecule has 15 heavy (non-hydrogen) atoms. The number of nitrogens with zero attached hydrogens (tertiary/aromatic N) is 1. The minimum atomic E-state index is 0.362. The van der Waals surface area contributed by atoms with Gasteiger partial charge in [0.2, 0.25) is 0 Å². The molecule has 0 aliphatic carbocycles. The zero-order chi connectivity index (χ0) is 11.4. The Morgan fingerprint density at radius 3 is 1.80 bits per heavy atom. The molecule has 1 unspecified atom stereocenters. The molecule has 0 saturated carbocycles. The predicted molar refractivity (Wildman–Crippen MR) is 65.8 cm³/mol. The predicted octanol–water partition coefficient (Wildman–Crippen LogP) is 2.94. The average Bonchev–Trinajstić information content (AvgIpc) is 2.17. The Labute approximate surface area is 93.3 Å². The number of hydrazine groups is 1. The third-order valence-corrected chi connectivity index (χ3v) is 2.55. The topological polar surface area (TPSA) is 15.3 Å². The van der Waals surface area contributed by atoms with Crippen molar-refractivity contribution in [3.63, 3.8) is 0 Å². The van der Waals surface area contributed by atoms with E-state index in [0.29, 0.717) is 12.0 Å². The van der Waals surface area contributed by atoms with Crippen molar-refractivity contribution in [2.24, 2.45) is 0 Å². The quantitative estimate of drug-likeness (QED) is 0.762. The smallest absolute Gasteiger partial charge is 0.0436 e. The SMILES string of the molecule is CC(C)c1ccc(C(C)NN(C)C)cc1. The maximum absolute atomic E-state index is 3.34. The summed E-state index contributed by atoms with van der Waals surface area (Å²) >= 11 is 0. The largest absolute Gasteiger partial charge is 0.250 e. The summed E-state index contributed by atoms with van der Waals surface area (Å²) < 4.78 is 0. The molecule has 84 valence electrons. The lowest BCUT2D eigenvalue weighted by Crippen LogP contribution is -2.32. The summed E-state index contributed by atoms with van der Waals surface area (Å²) in [5, 5.41) is 1.99. The second kappa shape index (κ2) is 5.29. The Morgan fingerprint density at radius 2 is 1.40 bits per heavy atom. The van der Waals surface area contributed by atoms with Crippen LogP contribution >= 0.6 is 0 Å². The first-order valence-corrected chi connectivity index (χ1v) is 5.54. The van der Waals surface area contributed by atoms with E-state index in [2.05, 4.69) is 50.5 Å². The summed E-state index contributed by atoms with van der Waals surface area (Å²) in [5.41, 5.74) is 6.07. The summed E-state index contributed by atoms with van der Waals surface area (Å²) in [6.07, 6.45) is 0. The Kier molecular flexibility index (Phi) is 4.30. The number of hydrogen-bond donors (Lipinski definition) is 1. The minimum absolute atomic E-state index is 0.362. The Balaban J connectivity index is 2.71. The molecule has 0 spiro atoms. The van der Waals surface area contributed by atoms with Crippen molar-refractivity contribution < 1.29 is 0 Å². The fourth-order valence-electron chi connectivity index (χ4n) is 1.63. The Morgan fingerprint density at radius 1 is 0.933 bits per heavy atom. The van der Waals surface area contributed by atoms with Crippen LogP contribution in [0.5, 0.6) is 0 Å². The molecule has 0 heterocycles. The summed E-state index contributed by atoms with van der Waals surface area (Å²) in [6, 6.07) is 9.20. The molecule has 0 amide bonds. The normalized spacial score (nSPS) is 13.5. The van der Waals surface area contributed by atoms with Gasteiger partial charge >= 0.3 is 0 Å². The van der Waals surface area contributed by atoms with E-state index < -0.39 is 0 Å². The maximum atomic E-state index is 3.34. The fourth-order valence-corrected chi connectivity index (χ4v) is 1.63. The molecule has 2 heteroatoms. The van der Waals surface area contributed by atoms with Crippen LogP contribution < -0.4 is 5.43 Å². The molecule has 1 N–H and O–H groups in total. The highest BCUT2D eigenvalue weighted by Gasteiger charge is 2.06. The van der Waals surface area contributed by atoms with E-state index in [9.17, 15) is 0 Å². The Hall–Kier alpha value is -0.860. The van der Waals surface area contributed by atoms with Crippen molar-refractivity contribution >= 4 is 0 Å². The van der Waals surface area contributed by atoms with Crippen LogP contribution in [0.1, 0.15) is 43.9 Å². The van der Waals surface area contributed by atoms with Gasteiger partial charge in [-0.05, 0) is 24.0 Å². The Bertz CT molecular complexity index is 288. The zero-order valence-corrected chi connectivity index (χ0v) is 10.4. The van der Waals surface area contributed by atoms with Crippen molar-refractivity contribution in [1.82, 2.24) is 10.4 Å². The van der Waals surface area contributed by atoms with Gasteiger partial charge in [0, 0.05) is 20.1 Å². The first kappa shape index (κ1) is 12.2. The molecule has 1 aromatic carbocycles. The maximum Gasteiger partial charge on any atom is 0.0436 e.